The normalized spacial score (nSPS) is 17.6. The molecule has 0 aliphatic heterocycles. The van der Waals surface area contributed by atoms with Crippen LogP contribution >= 0.6 is 11.3 Å². The topological polar surface area (TPSA) is 49.4 Å². The summed E-state index contributed by atoms with van der Waals surface area (Å²) in [7, 11) is -1.66. The molecule has 0 bridgehead atoms. The van der Waals surface area contributed by atoms with Crippen molar-refractivity contribution in [3.05, 3.63) is 17.0 Å². The van der Waals surface area contributed by atoms with Gasteiger partial charge >= 0.3 is 0 Å². The maximum Gasteiger partial charge on any atom is 0.252 e. The van der Waals surface area contributed by atoms with E-state index < -0.39 is 10.0 Å². The number of sulfonamides is 1. The van der Waals surface area contributed by atoms with Crippen molar-refractivity contribution < 1.29 is 8.42 Å². The summed E-state index contributed by atoms with van der Waals surface area (Å²) < 4.78 is 27.0. The highest BCUT2D eigenvalue weighted by atomic mass is 32.2. The molecule has 0 spiro atoms. The van der Waals surface area contributed by atoms with Crippen LogP contribution in [0.1, 0.15) is 45.1 Å². The summed E-state index contributed by atoms with van der Waals surface area (Å²) in [5.41, 5.74) is 1.07. The number of hydrogen-bond acceptors (Lipinski definition) is 4. The van der Waals surface area contributed by atoms with E-state index in [0.717, 1.165) is 24.9 Å². The lowest BCUT2D eigenvalue weighted by molar-refractivity contribution is 0.369. The van der Waals surface area contributed by atoms with Crippen LogP contribution in [-0.4, -0.2) is 31.9 Å². The molecule has 114 valence electrons. The highest BCUT2D eigenvalue weighted by Gasteiger charge is 2.27. The van der Waals surface area contributed by atoms with Gasteiger partial charge in [0.1, 0.15) is 4.21 Å². The minimum Gasteiger partial charge on any atom is -0.310 e. The Morgan fingerprint density at radius 3 is 2.80 bits per heavy atom. The van der Waals surface area contributed by atoms with Gasteiger partial charge in [-0.3, -0.25) is 0 Å². The summed E-state index contributed by atoms with van der Waals surface area (Å²) in [5.74, 6) is 0. The molecule has 0 amide bonds. The second kappa shape index (κ2) is 6.56. The van der Waals surface area contributed by atoms with E-state index in [9.17, 15) is 8.42 Å². The summed E-state index contributed by atoms with van der Waals surface area (Å²) >= 11 is 1.32. The Morgan fingerprint density at radius 1 is 1.50 bits per heavy atom. The van der Waals surface area contributed by atoms with Crippen molar-refractivity contribution in [2.75, 3.05) is 7.05 Å². The lowest BCUT2D eigenvalue weighted by Gasteiger charge is -2.23. The van der Waals surface area contributed by atoms with E-state index in [0.29, 0.717) is 10.3 Å². The minimum absolute atomic E-state index is 0.0418. The van der Waals surface area contributed by atoms with Crippen molar-refractivity contribution in [2.24, 2.45) is 0 Å². The van der Waals surface area contributed by atoms with Gasteiger partial charge in [0.15, 0.2) is 0 Å². The predicted molar refractivity (Wildman–Crippen MR) is 83.5 cm³/mol. The number of nitrogens with zero attached hydrogens (tertiary/aromatic N) is 1. The van der Waals surface area contributed by atoms with Gasteiger partial charge in [0.2, 0.25) is 0 Å². The van der Waals surface area contributed by atoms with E-state index >= 15 is 0 Å². The van der Waals surface area contributed by atoms with Gasteiger partial charge < -0.3 is 5.32 Å². The Labute approximate surface area is 126 Å². The molecule has 6 heteroatoms. The van der Waals surface area contributed by atoms with Gasteiger partial charge in [-0.25, -0.2) is 8.42 Å². The Morgan fingerprint density at radius 2 is 2.20 bits per heavy atom. The molecule has 0 aromatic carbocycles. The molecule has 1 saturated carbocycles. The number of nitrogens with one attached hydrogen (secondary N) is 1. The van der Waals surface area contributed by atoms with Crippen molar-refractivity contribution in [1.82, 2.24) is 9.62 Å². The zero-order valence-electron chi connectivity index (χ0n) is 12.4. The van der Waals surface area contributed by atoms with Crippen LogP contribution in [0.4, 0.5) is 0 Å². The molecule has 1 aromatic heterocycles. The van der Waals surface area contributed by atoms with Crippen LogP contribution in [0.2, 0.25) is 0 Å². The zero-order chi connectivity index (χ0) is 14.8. The lowest BCUT2D eigenvalue weighted by Crippen LogP contribution is -2.34. The molecule has 2 rings (SSSR count). The summed E-state index contributed by atoms with van der Waals surface area (Å²) in [6.45, 7) is 4.80. The monoisotopic (exact) mass is 316 g/mol. The lowest BCUT2D eigenvalue weighted by atomic mass is 10.2. The fourth-order valence-corrected chi connectivity index (χ4v) is 4.89. The standard InChI is InChI=1S/C14H24N2O2S2/c1-4-5-11(2)16(3)20(17,18)14-8-12(10-19-14)9-15-13-6-7-13/h8,10-11,13,15H,4-7,9H2,1-3H3. The van der Waals surface area contributed by atoms with Crippen molar-refractivity contribution in [2.45, 2.75) is 62.4 Å². The van der Waals surface area contributed by atoms with Crippen LogP contribution in [-0.2, 0) is 16.6 Å². The third-order valence-corrected chi connectivity index (χ3v) is 7.20. The molecule has 0 radical (unpaired) electrons. The molecule has 1 heterocycles. The van der Waals surface area contributed by atoms with Crippen LogP contribution in [0, 0.1) is 0 Å². The first-order valence-corrected chi connectivity index (χ1v) is 9.56. The second-order valence-corrected chi connectivity index (χ2v) is 8.72. The van der Waals surface area contributed by atoms with E-state index in [1.165, 1.54) is 28.5 Å². The van der Waals surface area contributed by atoms with E-state index in [-0.39, 0.29) is 6.04 Å². The van der Waals surface area contributed by atoms with Gasteiger partial charge in [0.05, 0.1) is 0 Å². The SMILES string of the molecule is CCCC(C)N(C)S(=O)(=O)c1cc(CNC2CC2)cs1. The molecule has 1 atom stereocenters. The van der Waals surface area contributed by atoms with Crippen LogP contribution in [0.3, 0.4) is 0 Å². The molecule has 1 aromatic rings. The fraction of sp³-hybridized carbons (Fsp3) is 0.714. The molecule has 20 heavy (non-hydrogen) atoms. The van der Waals surface area contributed by atoms with Gasteiger partial charge in [-0.2, -0.15) is 4.31 Å². The average Bonchev–Trinajstić information content (AvgIpc) is 3.11. The van der Waals surface area contributed by atoms with Crippen LogP contribution < -0.4 is 5.32 Å². The highest BCUT2D eigenvalue weighted by Crippen LogP contribution is 2.26. The Balaban J connectivity index is 2.04. The Bertz CT molecular complexity index is 535. The number of hydrogen-bond donors (Lipinski definition) is 1. The highest BCUT2D eigenvalue weighted by molar-refractivity contribution is 7.91. The average molecular weight is 316 g/mol. The molecule has 4 nitrogen and oxygen atoms in total. The van der Waals surface area contributed by atoms with Crippen LogP contribution in [0.15, 0.2) is 15.7 Å². The van der Waals surface area contributed by atoms with E-state index in [2.05, 4.69) is 12.2 Å². The molecular weight excluding hydrogens is 292 g/mol. The van der Waals surface area contributed by atoms with E-state index in [1.54, 1.807) is 7.05 Å². The third kappa shape index (κ3) is 3.81. The van der Waals surface area contributed by atoms with Crippen LogP contribution in [0.5, 0.6) is 0 Å². The van der Waals surface area contributed by atoms with Gasteiger partial charge in [-0.05, 0) is 43.2 Å². The number of thiophene rings is 1. The van der Waals surface area contributed by atoms with E-state index in [4.69, 9.17) is 0 Å². The van der Waals surface area contributed by atoms with Gasteiger partial charge in [0.25, 0.3) is 10.0 Å². The van der Waals surface area contributed by atoms with Gasteiger partial charge in [0, 0.05) is 25.7 Å². The molecule has 0 saturated heterocycles. The zero-order valence-corrected chi connectivity index (χ0v) is 14.1. The van der Waals surface area contributed by atoms with Gasteiger partial charge in [-0.1, -0.05) is 13.3 Å². The summed E-state index contributed by atoms with van der Waals surface area (Å²) in [6.07, 6.45) is 4.36. The maximum atomic E-state index is 12.5. The molecule has 1 aliphatic carbocycles. The molecule has 1 aliphatic rings. The summed E-state index contributed by atoms with van der Waals surface area (Å²) in [6, 6.07) is 2.49. The van der Waals surface area contributed by atoms with Crippen molar-refractivity contribution in [1.29, 1.82) is 0 Å². The maximum absolute atomic E-state index is 12.5. The van der Waals surface area contributed by atoms with E-state index in [1.807, 2.05) is 18.4 Å². The Kier molecular flexibility index (Phi) is 5.23. The first-order valence-electron chi connectivity index (χ1n) is 7.24. The first kappa shape index (κ1) is 15.9. The largest absolute Gasteiger partial charge is 0.310 e. The van der Waals surface area contributed by atoms with Crippen molar-refractivity contribution in [3.63, 3.8) is 0 Å². The molecular formula is C14H24N2O2S2. The second-order valence-electron chi connectivity index (χ2n) is 5.59. The van der Waals surface area contributed by atoms with Crippen molar-refractivity contribution >= 4 is 21.4 Å². The van der Waals surface area contributed by atoms with Crippen molar-refractivity contribution in [3.8, 4) is 0 Å². The quantitative estimate of drug-likeness (QED) is 0.802. The number of rotatable bonds is 8. The first-order chi connectivity index (χ1) is 9.45. The minimum atomic E-state index is -3.34. The third-order valence-electron chi connectivity index (χ3n) is 3.76. The molecule has 1 unspecified atom stereocenters. The Hall–Kier alpha value is -0.430. The predicted octanol–water partition coefficient (Wildman–Crippen LogP) is 2.81. The summed E-state index contributed by atoms with van der Waals surface area (Å²) in [5, 5.41) is 5.35. The fourth-order valence-electron chi connectivity index (χ4n) is 2.11. The molecule has 1 N–H and O–H groups in total. The molecule has 1 fully saturated rings. The summed E-state index contributed by atoms with van der Waals surface area (Å²) in [4.78, 5) is 0. The van der Waals surface area contributed by atoms with Gasteiger partial charge in [-0.15, -0.1) is 11.3 Å². The van der Waals surface area contributed by atoms with Crippen LogP contribution in [0.25, 0.3) is 0 Å². The smallest absolute Gasteiger partial charge is 0.252 e.